The van der Waals surface area contributed by atoms with Crippen molar-refractivity contribution >= 4 is 22.6 Å². The Balaban J connectivity index is 4.16. The van der Waals surface area contributed by atoms with Gasteiger partial charge in [0, 0.05) is 31.7 Å². The van der Waals surface area contributed by atoms with Crippen LogP contribution in [0.3, 0.4) is 0 Å². The lowest BCUT2D eigenvalue weighted by Gasteiger charge is -2.36. The Morgan fingerprint density at radius 3 is 1.84 bits per heavy atom. The lowest BCUT2D eigenvalue weighted by atomic mass is 9.95. The van der Waals surface area contributed by atoms with Gasteiger partial charge in [-0.2, -0.15) is 0 Å². The smallest absolute Gasteiger partial charge is 0.285 e. The molecule has 3 nitrogen and oxygen atoms in total. The standard InChI is InChI=1S/C15H31IO3/c1-5-6-7-8-9-10-11-14(12-13-16)15(17-2,18-3)19-4/h14H,5-13H2,1-4H3. The number of hydrogen-bond donors (Lipinski definition) is 0. The summed E-state index contributed by atoms with van der Waals surface area (Å²) in [6, 6.07) is 0. The molecule has 0 aliphatic carbocycles. The summed E-state index contributed by atoms with van der Waals surface area (Å²) in [6.07, 6.45) is 10.0. The van der Waals surface area contributed by atoms with E-state index in [4.69, 9.17) is 14.2 Å². The number of ether oxygens (including phenoxy) is 3. The van der Waals surface area contributed by atoms with E-state index < -0.39 is 5.97 Å². The van der Waals surface area contributed by atoms with Crippen LogP contribution in [0.5, 0.6) is 0 Å². The maximum absolute atomic E-state index is 5.50. The molecule has 1 unspecified atom stereocenters. The average Bonchev–Trinajstić information content (AvgIpc) is 2.45. The van der Waals surface area contributed by atoms with E-state index in [2.05, 4.69) is 29.5 Å². The minimum atomic E-state index is -0.866. The highest BCUT2D eigenvalue weighted by Crippen LogP contribution is 2.31. The van der Waals surface area contributed by atoms with Crippen molar-refractivity contribution in [3.63, 3.8) is 0 Å². The van der Waals surface area contributed by atoms with Gasteiger partial charge in [-0.1, -0.05) is 68.0 Å². The summed E-state index contributed by atoms with van der Waals surface area (Å²) in [5, 5.41) is 0. The Hall–Kier alpha value is 0.610. The maximum Gasteiger partial charge on any atom is 0.285 e. The van der Waals surface area contributed by atoms with Crippen LogP contribution in [0.2, 0.25) is 0 Å². The Morgan fingerprint density at radius 1 is 0.842 bits per heavy atom. The first-order chi connectivity index (χ1) is 9.20. The monoisotopic (exact) mass is 386 g/mol. The van der Waals surface area contributed by atoms with Crippen LogP contribution >= 0.6 is 22.6 Å². The molecule has 0 spiro atoms. The third kappa shape index (κ3) is 7.25. The molecule has 116 valence electrons. The molecule has 0 radical (unpaired) electrons. The summed E-state index contributed by atoms with van der Waals surface area (Å²) >= 11 is 2.40. The van der Waals surface area contributed by atoms with Gasteiger partial charge in [-0.25, -0.2) is 0 Å². The molecule has 0 amide bonds. The molecule has 0 N–H and O–H groups in total. The van der Waals surface area contributed by atoms with Crippen molar-refractivity contribution in [3.8, 4) is 0 Å². The summed E-state index contributed by atoms with van der Waals surface area (Å²) in [4.78, 5) is 0. The number of halogens is 1. The highest BCUT2D eigenvalue weighted by atomic mass is 127. The highest BCUT2D eigenvalue weighted by Gasteiger charge is 2.39. The lowest BCUT2D eigenvalue weighted by molar-refractivity contribution is -0.379. The van der Waals surface area contributed by atoms with E-state index in [1.54, 1.807) is 21.3 Å². The van der Waals surface area contributed by atoms with Crippen molar-refractivity contribution in [1.29, 1.82) is 0 Å². The summed E-state index contributed by atoms with van der Waals surface area (Å²) in [5.41, 5.74) is 0. The van der Waals surface area contributed by atoms with Gasteiger partial charge in [-0.05, 0) is 12.8 Å². The van der Waals surface area contributed by atoms with Gasteiger partial charge in [0.1, 0.15) is 0 Å². The molecular formula is C15H31IO3. The van der Waals surface area contributed by atoms with Gasteiger partial charge in [0.15, 0.2) is 0 Å². The zero-order chi connectivity index (χ0) is 14.6. The molecule has 0 saturated heterocycles. The van der Waals surface area contributed by atoms with Crippen LogP contribution in [-0.2, 0) is 14.2 Å². The molecule has 0 aliphatic rings. The Labute approximate surface area is 132 Å². The van der Waals surface area contributed by atoms with Crippen molar-refractivity contribution in [2.45, 2.75) is 64.3 Å². The van der Waals surface area contributed by atoms with E-state index in [1.165, 1.54) is 38.5 Å². The highest BCUT2D eigenvalue weighted by molar-refractivity contribution is 14.1. The van der Waals surface area contributed by atoms with Gasteiger partial charge < -0.3 is 14.2 Å². The van der Waals surface area contributed by atoms with Crippen LogP contribution in [-0.4, -0.2) is 31.7 Å². The van der Waals surface area contributed by atoms with E-state index in [-0.39, 0.29) is 0 Å². The SMILES string of the molecule is CCCCCCCCC(CCI)C(OC)(OC)OC. The maximum atomic E-state index is 5.50. The normalized spacial score (nSPS) is 13.7. The molecule has 0 fully saturated rings. The first-order valence-corrected chi connectivity index (χ1v) is 8.94. The summed E-state index contributed by atoms with van der Waals surface area (Å²) < 4.78 is 17.6. The van der Waals surface area contributed by atoms with Crippen LogP contribution < -0.4 is 0 Å². The third-order valence-electron chi connectivity index (χ3n) is 3.72. The zero-order valence-electron chi connectivity index (χ0n) is 13.0. The molecule has 0 saturated carbocycles. The molecule has 0 aromatic carbocycles. The molecule has 19 heavy (non-hydrogen) atoms. The summed E-state index contributed by atoms with van der Waals surface area (Å²) in [5.74, 6) is -0.565. The van der Waals surface area contributed by atoms with Crippen molar-refractivity contribution in [2.24, 2.45) is 5.92 Å². The molecule has 4 heteroatoms. The zero-order valence-corrected chi connectivity index (χ0v) is 15.2. The fraction of sp³-hybridized carbons (Fsp3) is 1.00. The van der Waals surface area contributed by atoms with Gasteiger partial charge in [0.2, 0.25) is 0 Å². The first kappa shape index (κ1) is 19.6. The molecule has 0 rings (SSSR count). The van der Waals surface area contributed by atoms with Crippen LogP contribution in [0.15, 0.2) is 0 Å². The van der Waals surface area contributed by atoms with E-state index in [1.807, 2.05) is 0 Å². The summed E-state index contributed by atoms with van der Waals surface area (Å²) in [6.45, 7) is 2.25. The molecular weight excluding hydrogens is 355 g/mol. The predicted octanol–water partition coefficient (Wildman–Crippen LogP) is 4.77. The number of unbranched alkanes of at least 4 members (excludes halogenated alkanes) is 5. The lowest BCUT2D eigenvalue weighted by Crippen LogP contribution is -2.44. The van der Waals surface area contributed by atoms with Crippen LogP contribution in [0.1, 0.15) is 58.3 Å². The second kappa shape index (κ2) is 12.4. The van der Waals surface area contributed by atoms with Gasteiger partial charge in [-0.15, -0.1) is 0 Å². The minimum absolute atomic E-state index is 0.301. The van der Waals surface area contributed by atoms with E-state index in [0.717, 1.165) is 17.3 Å². The van der Waals surface area contributed by atoms with Crippen molar-refractivity contribution < 1.29 is 14.2 Å². The molecule has 0 aromatic rings. The van der Waals surface area contributed by atoms with Gasteiger partial charge in [-0.3, -0.25) is 0 Å². The van der Waals surface area contributed by atoms with Crippen molar-refractivity contribution in [2.75, 3.05) is 25.8 Å². The predicted molar refractivity (Wildman–Crippen MR) is 88.7 cm³/mol. The first-order valence-electron chi connectivity index (χ1n) is 7.42. The minimum Gasteiger partial charge on any atom is -0.331 e. The summed E-state index contributed by atoms with van der Waals surface area (Å²) in [7, 11) is 4.98. The number of methoxy groups -OCH3 is 3. The Bertz CT molecular complexity index is 188. The Morgan fingerprint density at radius 2 is 1.37 bits per heavy atom. The average molecular weight is 386 g/mol. The Kier molecular flexibility index (Phi) is 12.8. The van der Waals surface area contributed by atoms with Crippen LogP contribution in [0.25, 0.3) is 0 Å². The fourth-order valence-electron chi connectivity index (χ4n) is 2.55. The fourth-order valence-corrected chi connectivity index (χ4v) is 3.30. The quantitative estimate of drug-likeness (QED) is 0.198. The van der Waals surface area contributed by atoms with E-state index in [9.17, 15) is 0 Å². The second-order valence-corrected chi connectivity index (χ2v) is 6.03. The van der Waals surface area contributed by atoms with Gasteiger partial charge in [0.25, 0.3) is 5.97 Å². The van der Waals surface area contributed by atoms with Crippen molar-refractivity contribution in [1.82, 2.24) is 0 Å². The van der Waals surface area contributed by atoms with Crippen molar-refractivity contribution in [3.05, 3.63) is 0 Å². The molecule has 0 bridgehead atoms. The molecule has 0 heterocycles. The topological polar surface area (TPSA) is 27.7 Å². The van der Waals surface area contributed by atoms with Gasteiger partial charge >= 0.3 is 0 Å². The van der Waals surface area contributed by atoms with E-state index >= 15 is 0 Å². The largest absolute Gasteiger partial charge is 0.331 e. The van der Waals surface area contributed by atoms with Crippen LogP contribution in [0.4, 0.5) is 0 Å². The van der Waals surface area contributed by atoms with Crippen LogP contribution in [0, 0.1) is 5.92 Å². The van der Waals surface area contributed by atoms with Gasteiger partial charge in [0.05, 0.1) is 0 Å². The molecule has 1 atom stereocenters. The molecule has 0 aliphatic heterocycles. The van der Waals surface area contributed by atoms with E-state index in [0.29, 0.717) is 5.92 Å². The number of alkyl halides is 1. The third-order valence-corrected chi connectivity index (χ3v) is 4.34. The second-order valence-electron chi connectivity index (χ2n) is 4.95. The number of hydrogen-bond acceptors (Lipinski definition) is 3. The number of rotatable bonds is 13. The molecule has 0 aromatic heterocycles.